The molecule has 1 aromatic carbocycles. The van der Waals surface area contributed by atoms with Gasteiger partial charge >= 0.3 is 5.82 Å². The smallest absolute Gasteiger partial charge is 0.406 e. The highest BCUT2D eigenvalue weighted by Crippen LogP contribution is 2.29. The number of nitrogens with zero attached hydrogens (tertiary/aromatic N) is 6. The number of halogens is 3. The van der Waals surface area contributed by atoms with Gasteiger partial charge in [0.25, 0.3) is 0 Å². The Morgan fingerprint density at radius 3 is 2.79 bits per heavy atom. The predicted octanol–water partition coefficient (Wildman–Crippen LogP) is 4.76. The molecule has 34 heavy (non-hydrogen) atoms. The van der Waals surface area contributed by atoms with Gasteiger partial charge in [0.15, 0.2) is 11.3 Å². The van der Waals surface area contributed by atoms with Gasteiger partial charge in [-0.25, -0.2) is 9.07 Å². The first-order valence-electron chi connectivity index (χ1n) is 9.81. The minimum Gasteiger partial charge on any atom is -0.481 e. The van der Waals surface area contributed by atoms with Gasteiger partial charge in [0.2, 0.25) is 11.5 Å². The van der Waals surface area contributed by atoms with E-state index in [1.165, 1.54) is 47.4 Å². The molecule has 0 amide bonds. The van der Waals surface area contributed by atoms with Gasteiger partial charge in [0.1, 0.15) is 18.1 Å². The van der Waals surface area contributed by atoms with E-state index in [2.05, 4.69) is 31.1 Å². The van der Waals surface area contributed by atoms with E-state index >= 15 is 0 Å². The lowest BCUT2D eigenvalue weighted by Crippen LogP contribution is -2.13. The Morgan fingerprint density at radius 1 is 1.29 bits per heavy atom. The van der Waals surface area contributed by atoms with Crippen LogP contribution in [0.1, 0.15) is 28.5 Å². The number of nitro groups is 1. The van der Waals surface area contributed by atoms with Crippen molar-refractivity contribution < 1.29 is 18.8 Å². The van der Waals surface area contributed by atoms with Crippen LogP contribution in [0, 0.1) is 15.9 Å². The van der Waals surface area contributed by atoms with E-state index < -0.39 is 16.6 Å². The summed E-state index contributed by atoms with van der Waals surface area (Å²) in [6, 6.07) is 6.57. The first-order valence-corrected chi connectivity index (χ1v) is 11.0. The lowest BCUT2D eigenvalue weighted by molar-refractivity contribution is -0.390. The van der Waals surface area contributed by atoms with E-state index in [0.29, 0.717) is 22.3 Å². The van der Waals surface area contributed by atoms with Crippen molar-refractivity contribution in [3.05, 3.63) is 91.3 Å². The topological polar surface area (TPSA) is 118 Å². The van der Waals surface area contributed by atoms with E-state index in [9.17, 15) is 19.3 Å². The molecule has 0 unspecified atom stereocenters. The average Bonchev–Trinajstić information content (AvgIpc) is 3.44. The number of aryl methyl sites for hydroxylation is 1. The SMILES string of the molecule is CCn1cc(C(=O)c2cc(Cl)nn2-c2ccc(F)cc2COc2cc(Br)cnc2[N+](=O)[O-])cn1. The maximum atomic E-state index is 14.1. The molecule has 3 heterocycles. The number of hydrogen-bond acceptors (Lipinski definition) is 7. The summed E-state index contributed by atoms with van der Waals surface area (Å²) in [7, 11) is 0. The largest absolute Gasteiger partial charge is 0.481 e. The number of aromatic nitrogens is 5. The molecule has 0 spiro atoms. The lowest BCUT2D eigenvalue weighted by atomic mass is 10.1. The summed E-state index contributed by atoms with van der Waals surface area (Å²) >= 11 is 9.30. The number of carbonyl (C=O) groups is 1. The van der Waals surface area contributed by atoms with Crippen molar-refractivity contribution in [2.75, 3.05) is 0 Å². The van der Waals surface area contributed by atoms with Crippen LogP contribution in [-0.2, 0) is 13.2 Å². The highest BCUT2D eigenvalue weighted by atomic mass is 79.9. The second kappa shape index (κ2) is 9.69. The third-order valence-electron chi connectivity index (χ3n) is 4.76. The third kappa shape index (κ3) is 4.82. The second-order valence-electron chi connectivity index (χ2n) is 6.97. The second-order valence-corrected chi connectivity index (χ2v) is 8.27. The van der Waals surface area contributed by atoms with Crippen molar-refractivity contribution in [2.24, 2.45) is 0 Å². The molecule has 3 aromatic heterocycles. The summed E-state index contributed by atoms with van der Waals surface area (Å²) in [6.45, 7) is 2.20. The Bertz CT molecular complexity index is 1410. The summed E-state index contributed by atoms with van der Waals surface area (Å²) in [5.41, 5.74) is 1.04. The third-order valence-corrected chi connectivity index (χ3v) is 5.38. The van der Waals surface area contributed by atoms with Crippen molar-refractivity contribution in [3.8, 4) is 11.4 Å². The van der Waals surface area contributed by atoms with Crippen LogP contribution in [0.2, 0.25) is 5.15 Å². The fourth-order valence-corrected chi connectivity index (χ4v) is 3.68. The maximum Gasteiger partial charge on any atom is 0.406 e. The first kappa shape index (κ1) is 23.5. The van der Waals surface area contributed by atoms with Crippen LogP contribution in [0.3, 0.4) is 0 Å². The zero-order chi connectivity index (χ0) is 24.4. The fraction of sp³-hybridized carbons (Fsp3) is 0.143. The molecule has 0 fully saturated rings. The quantitative estimate of drug-likeness (QED) is 0.177. The summed E-state index contributed by atoms with van der Waals surface area (Å²) < 4.78 is 23.1. The molecule has 0 bridgehead atoms. The number of benzene rings is 1. The number of hydrogen-bond donors (Lipinski definition) is 0. The lowest BCUT2D eigenvalue weighted by Gasteiger charge is -2.13. The van der Waals surface area contributed by atoms with Gasteiger partial charge in [-0.05, 0) is 51.0 Å². The molecular formula is C21H15BrClFN6O4. The van der Waals surface area contributed by atoms with Crippen LogP contribution < -0.4 is 4.74 Å². The molecule has 0 aliphatic rings. The fourth-order valence-electron chi connectivity index (χ4n) is 3.19. The monoisotopic (exact) mass is 548 g/mol. The van der Waals surface area contributed by atoms with Gasteiger partial charge in [0, 0.05) is 30.4 Å². The molecule has 174 valence electrons. The zero-order valence-electron chi connectivity index (χ0n) is 17.5. The number of ether oxygens (including phenoxy) is 1. The van der Waals surface area contributed by atoms with Gasteiger partial charge in [-0.1, -0.05) is 11.6 Å². The Morgan fingerprint density at radius 2 is 2.09 bits per heavy atom. The van der Waals surface area contributed by atoms with Gasteiger partial charge in [-0.15, -0.1) is 0 Å². The standard InChI is InChI=1S/C21H15BrClFN6O4/c1-2-28-10-13(8-26-28)20(31)17-7-19(23)27-29(17)16-4-3-15(24)5-12(16)11-34-18-6-14(22)9-25-21(18)30(32)33/h3-10H,2,11H2,1H3. The molecule has 0 aliphatic heterocycles. The summed E-state index contributed by atoms with van der Waals surface area (Å²) in [4.78, 5) is 27.5. The van der Waals surface area contributed by atoms with Crippen LogP contribution in [0.5, 0.6) is 5.75 Å². The van der Waals surface area contributed by atoms with Crippen LogP contribution >= 0.6 is 27.5 Å². The molecule has 0 atom stereocenters. The first-order chi connectivity index (χ1) is 16.3. The van der Waals surface area contributed by atoms with Gasteiger partial charge in [0.05, 0.1) is 21.9 Å². The van der Waals surface area contributed by atoms with E-state index in [-0.39, 0.29) is 34.6 Å². The van der Waals surface area contributed by atoms with Crippen LogP contribution in [0.15, 0.2) is 53.4 Å². The Kier molecular flexibility index (Phi) is 6.70. The molecule has 13 heteroatoms. The Labute approximate surface area is 205 Å². The van der Waals surface area contributed by atoms with Crippen LogP contribution in [-0.4, -0.2) is 35.3 Å². The van der Waals surface area contributed by atoms with Crippen molar-refractivity contribution in [3.63, 3.8) is 0 Å². The van der Waals surface area contributed by atoms with Gasteiger partial charge in [-0.3, -0.25) is 9.48 Å². The highest BCUT2D eigenvalue weighted by molar-refractivity contribution is 9.10. The molecular weight excluding hydrogens is 535 g/mol. The number of ketones is 1. The van der Waals surface area contributed by atoms with Crippen molar-refractivity contribution in [2.45, 2.75) is 20.1 Å². The van der Waals surface area contributed by atoms with E-state index in [0.717, 1.165) is 0 Å². The number of pyridine rings is 1. The Balaban J connectivity index is 1.72. The minimum atomic E-state index is -0.686. The van der Waals surface area contributed by atoms with E-state index in [1.54, 1.807) is 10.9 Å². The minimum absolute atomic E-state index is 0.0502. The van der Waals surface area contributed by atoms with E-state index in [4.69, 9.17) is 16.3 Å². The normalized spacial score (nSPS) is 10.9. The molecule has 4 aromatic rings. The van der Waals surface area contributed by atoms with Crippen molar-refractivity contribution in [1.82, 2.24) is 24.5 Å². The molecule has 4 rings (SSSR count). The molecule has 0 saturated carbocycles. The van der Waals surface area contributed by atoms with Crippen molar-refractivity contribution in [1.29, 1.82) is 0 Å². The maximum absolute atomic E-state index is 14.1. The zero-order valence-corrected chi connectivity index (χ0v) is 19.8. The molecule has 10 nitrogen and oxygen atoms in total. The van der Waals surface area contributed by atoms with Gasteiger partial charge in [-0.2, -0.15) is 10.2 Å². The molecule has 0 aliphatic carbocycles. The Hall–Kier alpha value is -3.64. The van der Waals surface area contributed by atoms with Crippen molar-refractivity contribution >= 4 is 39.1 Å². The predicted molar refractivity (Wildman–Crippen MR) is 123 cm³/mol. The summed E-state index contributed by atoms with van der Waals surface area (Å²) in [5, 5.41) is 19.6. The van der Waals surface area contributed by atoms with Gasteiger partial charge < -0.3 is 14.9 Å². The average molecular weight is 550 g/mol. The summed E-state index contributed by atoms with van der Waals surface area (Å²) in [5.74, 6) is -1.56. The molecule has 0 radical (unpaired) electrons. The van der Waals surface area contributed by atoms with Crippen LogP contribution in [0.25, 0.3) is 5.69 Å². The number of carbonyl (C=O) groups excluding carboxylic acids is 1. The van der Waals surface area contributed by atoms with E-state index in [1.807, 2.05) is 6.92 Å². The van der Waals surface area contributed by atoms with Crippen LogP contribution in [0.4, 0.5) is 10.2 Å². The molecule has 0 saturated heterocycles. The summed E-state index contributed by atoms with van der Waals surface area (Å²) in [6.07, 6.45) is 4.30. The highest BCUT2D eigenvalue weighted by Gasteiger charge is 2.22. The number of rotatable bonds is 8. The molecule has 0 N–H and O–H groups in total.